The van der Waals surface area contributed by atoms with Gasteiger partial charge in [-0.15, -0.1) is 0 Å². The standard InChI is InChI=1S/C15H10N/c1-2-6-12(7-3-1)15-10-13-8-4-5-9-14(13)11-16-15/h1-6,8-11H. The van der Waals surface area contributed by atoms with Gasteiger partial charge in [0.2, 0.25) is 0 Å². The molecule has 0 saturated heterocycles. The number of rotatable bonds is 1. The van der Waals surface area contributed by atoms with E-state index in [1.165, 1.54) is 10.8 Å². The number of fused-ring (bicyclic) bond motifs is 1. The highest BCUT2D eigenvalue weighted by Crippen LogP contribution is 2.20. The van der Waals surface area contributed by atoms with E-state index in [1.54, 1.807) is 0 Å². The third-order valence-corrected chi connectivity index (χ3v) is 2.62. The van der Waals surface area contributed by atoms with E-state index in [9.17, 15) is 0 Å². The number of benzene rings is 2. The molecule has 1 heterocycles. The molecule has 3 aromatic rings. The average molecular weight is 204 g/mol. The Morgan fingerprint density at radius 3 is 2.50 bits per heavy atom. The molecule has 0 saturated carbocycles. The summed E-state index contributed by atoms with van der Waals surface area (Å²) in [6, 6.07) is 21.4. The van der Waals surface area contributed by atoms with E-state index in [4.69, 9.17) is 0 Å². The minimum absolute atomic E-state index is 0.972. The van der Waals surface area contributed by atoms with Gasteiger partial charge in [0.05, 0.1) is 5.69 Å². The molecule has 0 aliphatic heterocycles. The highest BCUT2D eigenvalue weighted by molar-refractivity contribution is 5.84. The summed E-state index contributed by atoms with van der Waals surface area (Å²) in [7, 11) is 0. The fourth-order valence-corrected chi connectivity index (χ4v) is 1.78. The van der Waals surface area contributed by atoms with Crippen LogP contribution in [-0.2, 0) is 0 Å². The lowest BCUT2D eigenvalue weighted by atomic mass is 10.1. The molecule has 1 heteroatoms. The predicted molar refractivity (Wildman–Crippen MR) is 66.0 cm³/mol. The molecular formula is C15H10N. The molecule has 0 atom stereocenters. The van der Waals surface area contributed by atoms with Gasteiger partial charge in [-0.2, -0.15) is 0 Å². The van der Waals surface area contributed by atoms with Gasteiger partial charge in [-0.05, 0) is 17.5 Å². The van der Waals surface area contributed by atoms with Crippen LogP contribution in [0.4, 0.5) is 0 Å². The van der Waals surface area contributed by atoms with Crippen LogP contribution in [0.5, 0.6) is 0 Å². The van der Waals surface area contributed by atoms with Crippen LogP contribution in [0.1, 0.15) is 0 Å². The quantitative estimate of drug-likeness (QED) is 0.589. The van der Waals surface area contributed by atoms with Crippen LogP contribution in [-0.4, -0.2) is 4.98 Å². The van der Waals surface area contributed by atoms with Crippen molar-refractivity contribution >= 4 is 10.8 Å². The van der Waals surface area contributed by atoms with Gasteiger partial charge in [-0.3, -0.25) is 4.98 Å². The Morgan fingerprint density at radius 2 is 1.69 bits per heavy atom. The van der Waals surface area contributed by atoms with Crippen LogP contribution in [0.15, 0.2) is 60.8 Å². The molecule has 0 fully saturated rings. The first-order valence-corrected chi connectivity index (χ1v) is 5.25. The molecule has 0 aliphatic carbocycles. The fraction of sp³-hybridized carbons (Fsp3) is 0. The van der Waals surface area contributed by atoms with Crippen LogP contribution in [0.3, 0.4) is 0 Å². The minimum Gasteiger partial charge on any atom is -0.256 e. The Balaban J connectivity index is 2.19. The van der Waals surface area contributed by atoms with Gasteiger partial charge < -0.3 is 0 Å². The van der Waals surface area contributed by atoms with Crippen molar-refractivity contribution in [1.82, 2.24) is 4.98 Å². The largest absolute Gasteiger partial charge is 0.256 e. The van der Waals surface area contributed by atoms with Gasteiger partial charge in [0.25, 0.3) is 0 Å². The maximum Gasteiger partial charge on any atom is 0.0714 e. The van der Waals surface area contributed by atoms with Gasteiger partial charge in [0.1, 0.15) is 0 Å². The van der Waals surface area contributed by atoms with Crippen molar-refractivity contribution in [2.24, 2.45) is 0 Å². The van der Waals surface area contributed by atoms with Crippen LogP contribution in [0.2, 0.25) is 0 Å². The molecule has 2 aromatic carbocycles. The van der Waals surface area contributed by atoms with E-state index in [0.717, 1.165) is 11.3 Å². The molecule has 1 aromatic heterocycles. The summed E-state index contributed by atoms with van der Waals surface area (Å²) < 4.78 is 0. The second-order valence-corrected chi connectivity index (χ2v) is 3.69. The van der Waals surface area contributed by atoms with Gasteiger partial charge in [-0.1, -0.05) is 48.5 Å². The van der Waals surface area contributed by atoms with E-state index in [1.807, 2.05) is 42.6 Å². The van der Waals surface area contributed by atoms with Crippen molar-refractivity contribution in [1.29, 1.82) is 0 Å². The van der Waals surface area contributed by atoms with E-state index in [0.29, 0.717) is 0 Å². The third kappa shape index (κ3) is 1.57. The molecule has 1 nitrogen and oxygen atoms in total. The second-order valence-electron chi connectivity index (χ2n) is 3.69. The van der Waals surface area contributed by atoms with E-state index in [2.05, 4.69) is 29.2 Å². The lowest BCUT2D eigenvalue weighted by molar-refractivity contribution is 1.35. The van der Waals surface area contributed by atoms with Gasteiger partial charge in [-0.25, -0.2) is 0 Å². The second kappa shape index (κ2) is 3.78. The Hall–Kier alpha value is -2.15. The predicted octanol–water partition coefficient (Wildman–Crippen LogP) is 3.70. The Labute approximate surface area is 94.4 Å². The van der Waals surface area contributed by atoms with Crippen molar-refractivity contribution in [2.75, 3.05) is 0 Å². The van der Waals surface area contributed by atoms with Gasteiger partial charge >= 0.3 is 0 Å². The number of aromatic nitrogens is 1. The summed E-state index contributed by atoms with van der Waals surface area (Å²) in [5.41, 5.74) is 2.01. The van der Waals surface area contributed by atoms with Crippen molar-refractivity contribution < 1.29 is 0 Å². The first kappa shape index (κ1) is 9.10. The van der Waals surface area contributed by atoms with Gasteiger partial charge in [0.15, 0.2) is 0 Å². The smallest absolute Gasteiger partial charge is 0.0714 e. The number of hydrogen-bond acceptors (Lipinski definition) is 1. The average Bonchev–Trinajstić information content (AvgIpc) is 2.39. The molecule has 0 unspecified atom stereocenters. The van der Waals surface area contributed by atoms with Crippen molar-refractivity contribution in [2.45, 2.75) is 0 Å². The summed E-state index contributed by atoms with van der Waals surface area (Å²) in [5.74, 6) is 0. The number of nitrogens with zero attached hydrogens (tertiary/aromatic N) is 1. The molecule has 16 heavy (non-hydrogen) atoms. The molecule has 0 N–H and O–H groups in total. The van der Waals surface area contributed by atoms with Crippen LogP contribution < -0.4 is 0 Å². The number of hydrogen-bond donors (Lipinski definition) is 0. The van der Waals surface area contributed by atoms with Crippen LogP contribution >= 0.6 is 0 Å². The number of pyridine rings is 1. The molecule has 75 valence electrons. The first-order chi connectivity index (χ1) is 7.93. The molecule has 3 rings (SSSR count). The summed E-state index contributed by atoms with van der Waals surface area (Å²) in [6.07, 6.45) is 1.91. The Kier molecular flexibility index (Phi) is 2.15. The van der Waals surface area contributed by atoms with Crippen molar-refractivity contribution in [3.8, 4) is 11.3 Å². The zero-order valence-corrected chi connectivity index (χ0v) is 8.72. The third-order valence-electron chi connectivity index (χ3n) is 2.62. The monoisotopic (exact) mass is 204 g/mol. The zero-order valence-electron chi connectivity index (χ0n) is 8.72. The molecule has 1 radical (unpaired) electrons. The van der Waals surface area contributed by atoms with E-state index in [-0.39, 0.29) is 0 Å². The molecule has 0 bridgehead atoms. The topological polar surface area (TPSA) is 12.9 Å². The maximum absolute atomic E-state index is 4.45. The highest BCUT2D eigenvalue weighted by atomic mass is 14.7. The van der Waals surface area contributed by atoms with Crippen molar-refractivity contribution in [3.05, 3.63) is 66.9 Å². The van der Waals surface area contributed by atoms with Crippen LogP contribution in [0.25, 0.3) is 22.0 Å². The molecule has 0 aliphatic rings. The zero-order chi connectivity index (χ0) is 10.8. The molecule has 0 amide bonds. The SMILES string of the molecule is [c]1ccccc1-c1cc2ccccc2cn1. The Bertz CT molecular complexity index is 614. The van der Waals surface area contributed by atoms with Crippen molar-refractivity contribution in [3.63, 3.8) is 0 Å². The maximum atomic E-state index is 4.45. The summed E-state index contributed by atoms with van der Waals surface area (Å²) in [6.45, 7) is 0. The highest BCUT2D eigenvalue weighted by Gasteiger charge is 1.99. The van der Waals surface area contributed by atoms with E-state index < -0.39 is 0 Å². The fourth-order valence-electron chi connectivity index (χ4n) is 1.78. The first-order valence-electron chi connectivity index (χ1n) is 5.25. The molecular weight excluding hydrogens is 194 g/mol. The van der Waals surface area contributed by atoms with Crippen LogP contribution in [0, 0.1) is 6.07 Å². The normalized spacial score (nSPS) is 10.5. The Morgan fingerprint density at radius 1 is 0.875 bits per heavy atom. The summed E-state index contributed by atoms with van der Waals surface area (Å²) in [5, 5.41) is 2.38. The summed E-state index contributed by atoms with van der Waals surface area (Å²) >= 11 is 0. The molecule has 0 spiro atoms. The van der Waals surface area contributed by atoms with E-state index >= 15 is 0 Å². The lowest BCUT2D eigenvalue weighted by Gasteiger charge is -2.02. The summed E-state index contributed by atoms with van der Waals surface area (Å²) in [4.78, 5) is 4.45. The van der Waals surface area contributed by atoms with Gasteiger partial charge in [0, 0.05) is 17.1 Å². The lowest BCUT2D eigenvalue weighted by Crippen LogP contribution is -1.83. The minimum atomic E-state index is 0.972.